The van der Waals surface area contributed by atoms with Crippen LogP contribution in [-0.2, 0) is 52.3 Å². The Kier molecular flexibility index (Phi) is 87.3. The van der Waals surface area contributed by atoms with Crippen LogP contribution >= 0.6 is 0 Å². The van der Waals surface area contributed by atoms with Crippen molar-refractivity contribution in [2.75, 3.05) is 112 Å². The molecule has 0 spiro atoms. The Morgan fingerprint density at radius 1 is 0.239 bits per heavy atom. The summed E-state index contributed by atoms with van der Waals surface area (Å²) in [4.78, 5) is 81.9. The molecule has 0 aromatic carbocycles. The summed E-state index contributed by atoms with van der Waals surface area (Å²) in [5.74, 6) is 1.17. The molecule has 0 aromatic rings. The van der Waals surface area contributed by atoms with Crippen LogP contribution in [0.25, 0.3) is 0 Å². The fourth-order valence-corrected chi connectivity index (χ4v) is 13.7. The Balaban J connectivity index is -0.00000188. The van der Waals surface area contributed by atoms with Gasteiger partial charge in [0.25, 0.3) is 0 Å². The lowest BCUT2D eigenvalue weighted by molar-refractivity contribution is -0.146. The lowest BCUT2D eigenvalue weighted by atomic mass is 9.96. The standard InChI is InChI=1S/C45H88N2O7.C40H80N2O5.C7H14O/c1-7-13-17-24-29-41(28-16-10-4)40-53-44(49)33-27-22-20-19-21-26-31-42(30-25-18-14-8-2)54-45(50)52-39-37-47(35-34-46(11-5)12-6)36-38-51-43(48)32-23-15-9-3;1-7-13-16-22-27-37(26-15-9-3)36-46-39(43)30-25-21-19-18-20-24-29-38(28-23-17-14-8-2)47-40(44)45-35-34-42(31-10-4)33-32-41(11-5)12-6;1-3-4-5-6-7(2)8/h41-42H,7-40H2,1-6H3;37-38H,7-36H2,1-6H3;3-6H2,1-2H3. The fraction of sp³-hybridized carbons (Fsp3) is 0.935. The maximum Gasteiger partial charge on any atom is 0.508 e. The molecule has 0 heterocycles. The Morgan fingerprint density at radius 3 is 0.826 bits per heavy atom. The highest BCUT2D eigenvalue weighted by Crippen LogP contribution is 2.23. The van der Waals surface area contributed by atoms with Crippen molar-refractivity contribution in [2.24, 2.45) is 11.8 Å². The molecule has 17 heteroatoms. The van der Waals surface area contributed by atoms with E-state index in [2.05, 4.69) is 110 Å². The third-order valence-corrected chi connectivity index (χ3v) is 21.3. The second-order valence-electron chi connectivity index (χ2n) is 31.4. The molecule has 0 rings (SSSR count). The van der Waals surface area contributed by atoms with Gasteiger partial charge in [0.1, 0.15) is 37.8 Å². The van der Waals surface area contributed by atoms with Gasteiger partial charge in [-0.1, -0.05) is 283 Å². The molecule has 0 saturated heterocycles. The molecule has 4 unspecified atom stereocenters. The number of unbranched alkanes of at least 4 members (excludes halogenated alkanes) is 28. The van der Waals surface area contributed by atoms with Gasteiger partial charge in [-0.15, -0.1) is 0 Å². The van der Waals surface area contributed by atoms with Crippen molar-refractivity contribution < 1.29 is 61.9 Å². The molecule has 648 valence electrons. The smallest absolute Gasteiger partial charge is 0.465 e. The van der Waals surface area contributed by atoms with Crippen molar-refractivity contribution in [1.29, 1.82) is 0 Å². The van der Waals surface area contributed by atoms with E-state index in [-0.39, 0.29) is 36.7 Å². The summed E-state index contributed by atoms with van der Waals surface area (Å²) in [6, 6.07) is 0. The summed E-state index contributed by atoms with van der Waals surface area (Å²) in [7, 11) is 0. The molecule has 4 atom stereocenters. The minimum Gasteiger partial charge on any atom is -0.465 e. The van der Waals surface area contributed by atoms with Crippen LogP contribution in [0.15, 0.2) is 0 Å². The molecule has 0 saturated carbocycles. The molecule has 0 fully saturated rings. The Hall–Kier alpha value is -3.54. The van der Waals surface area contributed by atoms with Crippen molar-refractivity contribution in [3.63, 3.8) is 0 Å². The van der Waals surface area contributed by atoms with Crippen LogP contribution in [0.1, 0.15) is 424 Å². The number of likely N-dealkylation sites (N-methyl/N-ethyl adjacent to an activating group) is 2. The van der Waals surface area contributed by atoms with Crippen molar-refractivity contribution in [3.8, 4) is 0 Å². The summed E-state index contributed by atoms with van der Waals surface area (Å²) < 4.78 is 39.7. The SMILES string of the molecule is CCCCCC(C)=O.CCCCCCC(CCCC)COC(=O)CCCCCCCCC(CCCCCC)OC(=O)OCCN(CCC)CCN(CC)CC.CCCCCCC(CCCC)COC(=O)CCCCCCCCC(CCCCCC)OC(=O)OCCN(CCOC(=O)CCCCC)CCN(CC)CC. The Morgan fingerprint density at radius 2 is 0.495 bits per heavy atom. The van der Waals surface area contributed by atoms with Gasteiger partial charge in [0.15, 0.2) is 0 Å². The normalized spacial score (nSPS) is 12.5. The molecule has 109 heavy (non-hydrogen) atoms. The molecular weight excluding hydrogens is 1370 g/mol. The van der Waals surface area contributed by atoms with Crippen LogP contribution < -0.4 is 0 Å². The number of Topliss-reactive ketones (excluding diaryl/α,β-unsaturated/α-hetero) is 1. The molecule has 0 aromatic heterocycles. The summed E-state index contributed by atoms with van der Waals surface area (Å²) in [6.45, 7) is 43.2. The van der Waals surface area contributed by atoms with E-state index in [1.807, 2.05) is 0 Å². The molecule has 0 aliphatic heterocycles. The van der Waals surface area contributed by atoms with Crippen LogP contribution in [0.4, 0.5) is 9.59 Å². The number of nitrogens with zero attached hydrogens (tertiary/aromatic N) is 4. The monoisotopic (exact) mass is 1550 g/mol. The maximum atomic E-state index is 12.8. The number of esters is 3. The average molecular weight is 1550 g/mol. The van der Waals surface area contributed by atoms with Crippen LogP contribution in [0, 0.1) is 11.8 Å². The molecular formula is C92H182N4O13. The maximum absolute atomic E-state index is 12.8. The number of ether oxygens (including phenoxy) is 7. The summed E-state index contributed by atoms with van der Waals surface area (Å²) in [5, 5.41) is 0. The van der Waals surface area contributed by atoms with Gasteiger partial charge >= 0.3 is 30.2 Å². The third-order valence-electron chi connectivity index (χ3n) is 21.3. The number of hydrogen-bond donors (Lipinski definition) is 0. The topological polar surface area (TPSA) is 180 Å². The Bertz CT molecular complexity index is 1960. The summed E-state index contributed by atoms with van der Waals surface area (Å²) in [5.41, 5.74) is 0. The van der Waals surface area contributed by atoms with Gasteiger partial charge in [0.2, 0.25) is 0 Å². The van der Waals surface area contributed by atoms with Gasteiger partial charge in [-0.05, 0) is 161 Å². The first kappa shape index (κ1) is 110. The van der Waals surface area contributed by atoms with Crippen LogP contribution in [0.3, 0.4) is 0 Å². The zero-order valence-electron chi connectivity index (χ0n) is 74.5. The molecule has 17 nitrogen and oxygen atoms in total. The van der Waals surface area contributed by atoms with E-state index in [9.17, 15) is 28.8 Å². The summed E-state index contributed by atoms with van der Waals surface area (Å²) in [6.07, 6.45) is 53.8. The first-order valence-corrected chi connectivity index (χ1v) is 46.6. The van der Waals surface area contributed by atoms with Crippen molar-refractivity contribution in [3.05, 3.63) is 0 Å². The zero-order valence-corrected chi connectivity index (χ0v) is 74.5. The van der Waals surface area contributed by atoms with E-state index in [0.29, 0.717) is 76.4 Å². The second-order valence-corrected chi connectivity index (χ2v) is 31.4. The predicted octanol–water partition coefficient (Wildman–Crippen LogP) is 24.8. The van der Waals surface area contributed by atoms with Gasteiger partial charge in [-0.2, -0.15) is 0 Å². The molecule has 0 amide bonds. The van der Waals surface area contributed by atoms with Crippen molar-refractivity contribution >= 4 is 36.0 Å². The Labute approximate surface area is 674 Å². The highest BCUT2D eigenvalue weighted by atomic mass is 16.7. The molecule has 0 aliphatic carbocycles. The zero-order chi connectivity index (χ0) is 81.1. The number of ketones is 1. The van der Waals surface area contributed by atoms with Crippen molar-refractivity contribution in [2.45, 2.75) is 437 Å². The van der Waals surface area contributed by atoms with Gasteiger partial charge in [0.05, 0.1) is 13.2 Å². The van der Waals surface area contributed by atoms with E-state index in [1.54, 1.807) is 6.92 Å². The molecule has 0 bridgehead atoms. The minimum absolute atomic E-state index is 0.0206. The predicted molar refractivity (Wildman–Crippen MR) is 458 cm³/mol. The van der Waals surface area contributed by atoms with E-state index >= 15 is 0 Å². The number of carbonyl (C=O) groups excluding carboxylic acids is 6. The highest BCUT2D eigenvalue weighted by Gasteiger charge is 2.20. The minimum atomic E-state index is -0.582. The van der Waals surface area contributed by atoms with Crippen molar-refractivity contribution in [1.82, 2.24) is 19.6 Å². The number of hydrogen-bond acceptors (Lipinski definition) is 17. The van der Waals surface area contributed by atoms with Crippen LogP contribution in [0.5, 0.6) is 0 Å². The molecule has 0 N–H and O–H groups in total. The summed E-state index contributed by atoms with van der Waals surface area (Å²) >= 11 is 0. The number of rotatable bonds is 79. The average Bonchev–Trinajstić information content (AvgIpc) is 0.986. The van der Waals surface area contributed by atoms with E-state index in [1.165, 1.54) is 148 Å². The molecule has 0 radical (unpaired) electrons. The van der Waals surface area contributed by atoms with E-state index in [4.69, 9.17) is 33.2 Å². The fourth-order valence-electron chi connectivity index (χ4n) is 13.7. The first-order valence-electron chi connectivity index (χ1n) is 46.6. The van der Waals surface area contributed by atoms with Gasteiger partial charge in [0, 0.05) is 71.5 Å². The van der Waals surface area contributed by atoms with Crippen LogP contribution in [0.2, 0.25) is 0 Å². The van der Waals surface area contributed by atoms with Gasteiger partial charge in [-0.25, -0.2) is 9.59 Å². The third kappa shape index (κ3) is 79.5. The van der Waals surface area contributed by atoms with E-state index in [0.717, 1.165) is 226 Å². The largest absolute Gasteiger partial charge is 0.508 e. The lowest BCUT2D eigenvalue weighted by Crippen LogP contribution is -2.39. The number of carbonyl (C=O) groups is 6. The van der Waals surface area contributed by atoms with Crippen LogP contribution in [-0.4, -0.2) is 179 Å². The van der Waals surface area contributed by atoms with Gasteiger partial charge < -0.3 is 47.8 Å². The van der Waals surface area contributed by atoms with Gasteiger partial charge in [-0.3, -0.25) is 24.2 Å². The van der Waals surface area contributed by atoms with E-state index < -0.39 is 12.3 Å². The first-order chi connectivity index (χ1) is 53.0. The molecule has 0 aliphatic rings. The second kappa shape index (κ2) is 86.9. The lowest BCUT2D eigenvalue weighted by Gasteiger charge is -2.26. The highest BCUT2D eigenvalue weighted by molar-refractivity contribution is 5.75. The quantitative estimate of drug-likeness (QED) is 0.0318.